The first kappa shape index (κ1) is 25.0. The molecule has 0 aliphatic heterocycles. The van der Waals surface area contributed by atoms with Crippen LogP contribution in [-0.2, 0) is 20.7 Å². The highest BCUT2D eigenvalue weighted by molar-refractivity contribution is 6.02. The summed E-state index contributed by atoms with van der Waals surface area (Å²) in [7, 11) is 2.86. The van der Waals surface area contributed by atoms with Crippen LogP contribution in [0.3, 0.4) is 0 Å². The molecule has 2 aromatic heterocycles. The van der Waals surface area contributed by atoms with Crippen LogP contribution in [0.25, 0.3) is 10.9 Å². The summed E-state index contributed by atoms with van der Waals surface area (Å²) in [5.41, 5.74) is 2.00. The minimum absolute atomic E-state index is 0.0138. The number of carbonyl (C=O) groups is 3. The van der Waals surface area contributed by atoms with Gasteiger partial charge in [-0.15, -0.1) is 0 Å². The fourth-order valence-electron chi connectivity index (χ4n) is 4.02. The van der Waals surface area contributed by atoms with E-state index in [9.17, 15) is 14.4 Å². The fraction of sp³-hybridized carbons (Fsp3) is 0.385. The number of hydrogen-bond acceptors (Lipinski definition) is 6. The largest absolute Gasteiger partial charge is 0.496 e. The summed E-state index contributed by atoms with van der Waals surface area (Å²) in [6.45, 7) is 3.98. The fourth-order valence-corrected chi connectivity index (χ4v) is 4.02. The van der Waals surface area contributed by atoms with Gasteiger partial charge in [-0.05, 0) is 42.2 Å². The smallest absolute Gasteiger partial charge is 0.328 e. The summed E-state index contributed by atoms with van der Waals surface area (Å²) in [5.74, 6) is -0.825. The number of nitrogens with zero attached hydrogens (tertiary/aromatic N) is 1. The molecule has 3 rings (SSSR count). The van der Waals surface area contributed by atoms with Crippen molar-refractivity contribution in [2.24, 2.45) is 11.8 Å². The topological polar surface area (TPSA) is 110 Å². The molecule has 180 valence electrons. The molecule has 8 nitrogen and oxygen atoms in total. The molecule has 0 unspecified atom stereocenters. The molecule has 0 saturated heterocycles. The van der Waals surface area contributed by atoms with E-state index in [1.165, 1.54) is 7.11 Å². The molecule has 0 fully saturated rings. The summed E-state index contributed by atoms with van der Waals surface area (Å²) < 4.78 is 10.3. The van der Waals surface area contributed by atoms with Crippen molar-refractivity contribution in [3.8, 4) is 5.75 Å². The predicted octanol–water partition coefficient (Wildman–Crippen LogP) is 3.71. The lowest BCUT2D eigenvalue weighted by molar-refractivity contribution is -0.145. The molecule has 1 aromatic carbocycles. The molecule has 0 radical (unpaired) electrons. The van der Waals surface area contributed by atoms with Gasteiger partial charge in [0.05, 0.1) is 19.9 Å². The zero-order chi connectivity index (χ0) is 24.7. The van der Waals surface area contributed by atoms with Crippen LogP contribution in [0, 0.1) is 11.8 Å². The first-order valence-corrected chi connectivity index (χ1v) is 11.3. The minimum atomic E-state index is -0.871. The molecular formula is C26H31N3O5. The molecule has 0 aliphatic rings. The van der Waals surface area contributed by atoms with E-state index in [2.05, 4.69) is 15.3 Å². The number of esters is 1. The predicted molar refractivity (Wildman–Crippen MR) is 129 cm³/mol. The van der Waals surface area contributed by atoms with Crippen molar-refractivity contribution >= 4 is 28.6 Å². The maximum absolute atomic E-state index is 13.2. The second-order valence-corrected chi connectivity index (χ2v) is 8.71. The number of amides is 1. The van der Waals surface area contributed by atoms with E-state index in [1.807, 2.05) is 38.1 Å². The van der Waals surface area contributed by atoms with E-state index in [-0.39, 0.29) is 30.4 Å². The van der Waals surface area contributed by atoms with E-state index in [4.69, 9.17) is 9.47 Å². The van der Waals surface area contributed by atoms with Crippen LogP contribution in [0.4, 0.5) is 0 Å². The van der Waals surface area contributed by atoms with Crippen LogP contribution in [0.5, 0.6) is 5.75 Å². The van der Waals surface area contributed by atoms with Crippen molar-refractivity contribution in [1.82, 2.24) is 15.3 Å². The van der Waals surface area contributed by atoms with Crippen LogP contribution >= 0.6 is 0 Å². The Hall–Kier alpha value is -3.68. The standard InChI is InChI=1S/C26H31N3O5/c1-16(2)11-18(13-23(30)21-14-19-20(28-21)8-5-9-24(19)33-3)25(31)29-22(26(32)34-4)12-17-7-6-10-27-15-17/h5-10,14-16,18,22,28H,11-13H2,1-4H3,(H,29,31)/t18-,22+/m1/s1. The van der Waals surface area contributed by atoms with Crippen LogP contribution < -0.4 is 10.1 Å². The van der Waals surface area contributed by atoms with Crippen molar-refractivity contribution in [2.45, 2.75) is 39.2 Å². The number of rotatable bonds is 11. The van der Waals surface area contributed by atoms with Crippen LogP contribution in [0.15, 0.2) is 48.8 Å². The molecule has 0 bridgehead atoms. The second-order valence-electron chi connectivity index (χ2n) is 8.71. The highest BCUT2D eigenvalue weighted by Gasteiger charge is 2.29. The van der Waals surface area contributed by atoms with Crippen molar-refractivity contribution in [2.75, 3.05) is 14.2 Å². The summed E-state index contributed by atoms with van der Waals surface area (Å²) in [6.07, 6.45) is 4.04. The van der Waals surface area contributed by atoms with E-state index in [0.29, 0.717) is 17.9 Å². The Balaban J connectivity index is 1.77. The number of benzene rings is 1. The third kappa shape index (κ3) is 6.21. The number of hydrogen-bond donors (Lipinski definition) is 2. The lowest BCUT2D eigenvalue weighted by Crippen LogP contribution is -2.46. The number of methoxy groups -OCH3 is 2. The molecule has 0 aliphatic carbocycles. The van der Waals surface area contributed by atoms with Gasteiger partial charge in [-0.25, -0.2) is 4.79 Å². The minimum Gasteiger partial charge on any atom is -0.496 e. The molecule has 3 aromatic rings. The number of fused-ring (bicyclic) bond motifs is 1. The summed E-state index contributed by atoms with van der Waals surface area (Å²) >= 11 is 0. The lowest BCUT2D eigenvalue weighted by Gasteiger charge is -2.22. The quantitative estimate of drug-likeness (QED) is 0.330. The van der Waals surface area contributed by atoms with E-state index in [1.54, 1.807) is 31.6 Å². The average Bonchev–Trinajstić information content (AvgIpc) is 3.27. The van der Waals surface area contributed by atoms with Crippen molar-refractivity contribution in [3.63, 3.8) is 0 Å². The highest BCUT2D eigenvalue weighted by atomic mass is 16.5. The van der Waals surface area contributed by atoms with Gasteiger partial charge >= 0.3 is 5.97 Å². The van der Waals surface area contributed by atoms with Crippen LogP contribution in [0.1, 0.15) is 42.7 Å². The normalized spacial score (nSPS) is 12.9. The zero-order valence-corrected chi connectivity index (χ0v) is 20.0. The molecular weight excluding hydrogens is 434 g/mol. The third-order valence-corrected chi connectivity index (χ3v) is 5.67. The van der Waals surface area contributed by atoms with E-state index < -0.39 is 17.9 Å². The zero-order valence-electron chi connectivity index (χ0n) is 20.0. The Kier molecular flexibility index (Phi) is 8.40. The number of Topliss-reactive ketones (excluding diaryl/α,β-unsaturated/α-hetero) is 1. The monoisotopic (exact) mass is 465 g/mol. The van der Waals surface area contributed by atoms with E-state index >= 15 is 0 Å². The van der Waals surface area contributed by atoms with Gasteiger partial charge in [-0.2, -0.15) is 0 Å². The van der Waals surface area contributed by atoms with E-state index in [0.717, 1.165) is 16.5 Å². The van der Waals surface area contributed by atoms with Gasteiger partial charge in [0.2, 0.25) is 5.91 Å². The number of aromatic amines is 1. The SMILES string of the molecule is COC(=O)[C@H](Cc1cccnc1)NC(=O)[C@@H](CC(=O)c1cc2c(OC)cccc2[nH]1)CC(C)C. The number of H-pyrrole nitrogens is 1. The van der Waals surface area contributed by atoms with Crippen molar-refractivity contribution in [1.29, 1.82) is 0 Å². The summed E-state index contributed by atoms with van der Waals surface area (Å²) in [5, 5.41) is 3.61. The molecule has 2 heterocycles. The van der Waals surface area contributed by atoms with Crippen molar-refractivity contribution < 1.29 is 23.9 Å². The Morgan fingerprint density at radius 3 is 2.56 bits per heavy atom. The van der Waals surface area contributed by atoms with Crippen LogP contribution in [0.2, 0.25) is 0 Å². The Bertz CT molecular complexity index is 1140. The Morgan fingerprint density at radius 2 is 1.91 bits per heavy atom. The molecule has 0 saturated carbocycles. The van der Waals surface area contributed by atoms with Gasteiger partial charge in [0, 0.05) is 42.1 Å². The number of pyridine rings is 1. The van der Waals surface area contributed by atoms with Gasteiger partial charge in [0.15, 0.2) is 5.78 Å². The molecule has 2 N–H and O–H groups in total. The average molecular weight is 466 g/mol. The Labute approximate surface area is 199 Å². The highest BCUT2D eigenvalue weighted by Crippen LogP contribution is 2.27. The van der Waals surface area contributed by atoms with Gasteiger partial charge < -0.3 is 19.8 Å². The van der Waals surface area contributed by atoms with Gasteiger partial charge in [0.25, 0.3) is 0 Å². The second kappa shape index (κ2) is 11.4. The first-order valence-electron chi connectivity index (χ1n) is 11.3. The maximum Gasteiger partial charge on any atom is 0.328 e. The number of aromatic nitrogens is 2. The number of ether oxygens (including phenoxy) is 2. The number of ketones is 1. The Morgan fingerprint density at radius 1 is 1.12 bits per heavy atom. The lowest BCUT2D eigenvalue weighted by atomic mass is 9.90. The van der Waals surface area contributed by atoms with Gasteiger partial charge in [-0.3, -0.25) is 14.6 Å². The van der Waals surface area contributed by atoms with Gasteiger partial charge in [0.1, 0.15) is 11.8 Å². The molecule has 0 spiro atoms. The first-order chi connectivity index (χ1) is 16.3. The molecule has 2 atom stereocenters. The summed E-state index contributed by atoms with van der Waals surface area (Å²) in [6, 6.07) is 10.0. The number of nitrogens with one attached hydrogen (secondary N) is 2. The van der Waals surface area contributed by atoms with Crippen LogP contribution in [-0.4, -0.2) is 47.9 Å². The maximum atomic E-state index is 13.2. The summed E-state index contributed by atoms with van der Waals surface area (Å²) in [4.78, 5) is 45.9. The number of carbonyl (C=O) groups excluding carboxylic acids is 3. The van der Waals surface area contributed by atoms with Crippen molar-refractivity contribution in [3.05, 3.63) is 60.0 Å². The van der Waals surface area contributed by atoms with Gasteiger partial charge in [-0.1, -0.05) is 26.0 Å². The molecule has 34 heavy (non-hydrogen) atoms. The third-order valence-electron chi connectivity index (χ3n) is 5.67. The molecule has 8 heteroatoms. The molecule has 1 amide bonds.